The zero-order valence-electron chi connectivity index (χ0n) is 34.3. The molecule has 374 valence electrons. The molecule has 31 nitrogen and oxygen atoms in total. The highest BCUT2D eigenvalue weighted by molar-refractivity contribution is 7.87. The number of nitrogens with one attached hydrogen (secondary N) is 4. The molecule has 0 aliphatic rings. The molecule has 12 N–H and O–H groups in total. The standard InChI is InChI=1S/C34H27N11O20S6/c35-22-9-18(30-41-32(37-15-47)45-34(43-30)39-24-13-20(67(51,52)53)5-8-26(24)69(57,58)59)11-28(71(63,64)65)21(22)6-3-16-1-2-17(10-27(16)70(60,61)62)29-40-31(36-14-46)44-33(42-29)38-23-12-19(66(48,49)50)4-7-25(23)68(54,55)56/h1-15H,35H2,(H,48,49,50)(H,51,52,53)(H,54,55,56)(H,57,58,59)(H,60,61,62)(H,63,64,65)(H2,36,38,40,42,44,46)(H2,37,39,41,43,45,47). The van der Waals surface area contributed by atoms with Crippen LogP contribution in [0.3, 0.4) is 0 Å². The van der Waals surface area contributed by atoms with Crippen molar-refractivity contribution in [3.05, 3.63) is 77.9 Å². The van der Waals surface area contributed by atoms with E-state index in [1.807, 2.05) is 5.32 Å². The van der Waals surface area contributed by atoms with Gasteiger partial charge in [0.1, 0.15) is 19.6 Å². The van der Waals surface area contributed by atoms with Crippen LogP contribution in [0.25, 0.3) is 34.9 Å². The highest BCUT2D eigenvalue weighted by Gasteiger charge is 2.26. The predicted molar refractivity (Wildman–Crippen MR) is 242 cm³/mol. The molecular formula is C34H27N11O20S6. The van der Waals surface area contributed by atoms with Crippen LogP contribution < -0.4 is 27.0 Å². The number of carbonyl (C=O) groups is 2. The summed E-state index contributed by atoms with van der Waals surface area (Å²) in [6.45, 7) is 0. The summed E-state index contributed by atoms with van der Waals surface area (Å²) in [7, 11) is -30.8. The number of hydrogen-bond acceptors (Lipinski definition) is 23. The van der Waals surface area contributed by atoms with Crippen molar-refractivity contribution in [3.8, 4) is 22.8 Å². The molecule has 0 spiro atoms. The van der Waals surface area contributed by atoms with Gasteiger partial charge in [0.15, 0.2) is 11.6 Å². The van der Waals surface area contributed by atoms with Gasteiger partial charge in [-0.25, -0.2) is 0 Å². The number of rotatable bonds is 18. The second-order valence-electron chi connectivity index (χ2n) is 13.6. The number of carbonyl (C=O) groups excluding carboxylic acids is 2. The lowest BCUT2D eigenvalue weighted by Gasteiger charge is -2.14. The van der Waals surface area contributed by atoms with Gasteiger partial charge in [0, 0.05) is 22.4 Å². The molecule has 0 saturated carbocycles. The number of nitrogen functional groups attached to an aromatic ring is 1. The SMILES string of the molecule is Nc1cc(-c2nc(NC=O)nc(Nc3cc(S(=O)(=O)O)ccc3S(=O)(=O)O)n2)cc(S(=O)(=O)O)c1C=Cc1ccc(-c2nc(NC=O)nc(Nc3cc(S(=O)(=O)O)ccc3S(=O)(=O)O)n2)cc1S(=O)(=O)O. The van der Waals surface area contributed by atoms with Gasteiger partial charge in [-0.05, 0) is 60.2 Å². The van der Waals surface area contributed by atoms with Crippen LogP contribution in [0.5, 0.6) is 0 Å². The molecular weight excluding hydrogens is 1070 g/mol. The Labute approximate surface area is 398 Å². The minimum absolute atomic E-state index is 0.0636. The quantitative estimate of drug-likeness (QED) is 0.0250. The number of benzene rings is 4. The van der Waals surface area contributed by atoms with Crippen molar-refractivity contribution in [2.75, 3.05) is 27.0 Å². The highest BCUT2D eigenvalue weighted by atomic mass is 32.2. The Morgan fingerprint density at radius 3 is 1.24 bits per heavy atom. The number of anilines is 7. The second kappa shape index (κ2) is 19.3. The molecule has 0 radical (unpaired) electrons. The van der Waals surface area contributed by atoms with E-state index in [1.54, 1.807) is 0 Å². The summed E-state index contributed by atoms with van der Waals surface area (Å²) in [4.78, 5) is 40.6. The van der Waals surface area contributed by atoms with Crippen LogP contribution in [-0.2, 0) is 70.3 Å². The maximum absolute atomic E-state index is 12.8. The summed E-state index contributed by atoms with van der Waals surface area (Å²) in [5.74, 6) is -3.75. The second-order valence-corrected chi connectivity index (χ2v) is 22.0. The van der Waals surface area contributed by atoms with E-state index in [2.05, 4.69) is 45.9 Å². The Morgan fingerprint density at radius 2 is 0.831 bits per heavy atom. The Kier molecular flexibility index (Phi) is 14.4. The fraction of sp³-hybridized carbons (Fsp3) is 0. The number of hydrogen-bond donors (Lipinski definition) is 11. The number of nitrogens with two attached hydrogens (primary N) is 1. The molecule has 0 unspecified atom stereocenters. The summed E-state index contributed by atoms with van der Waals surface area (Å²) < 4.78 is 206. The third kappa shape index (κ3) is 12.6. The molecule has 37 heteroatoms. The monoisotopic (exact) mass is 1100 g/mol. The lowest BCUT2D eigenvalue weighted by Crippen LogP contribution is -2.11. The Hall–Kier alpha value is -7.56. The number of aromatic nitrogens is 6. The summed E-state index contributed by atoms with van der Waals surface area (Å²) >= 11 is 0. The minimum Gasteiger partial charge on any atom is -0.398 e. The van der Waals surface area contributed by atoms with Gasteiger partial charge in [-0.3, -0.25) is 47.5 Å². The van der Waals surface area contributed by atoms with Crippen molar-refractivity contribution in [3.63, 3.8) is 0 Å². The van der Waals surface area contributed by atoms with Gasteiger partial charge in [0.2, 0.25) is 36.6 Å². The van der Waals surface area contributed by atoms with Crippen LogP contribution in [-0.4, -0.2) is 121 Å². The molecule has 0 saturated heterocycles. The van der Waals surface area contributed by atoms with Crippen molar-refractivity contribution in [1.29, 1.82) is 0 Å². The van der Waals surface area contributed by atoms with Crippen LogP contribution in [0.15, 0.2) is 96.1 Å². The Morgan fingerprint density at radius 1 is 0.423 bits per heavy atom. The maximum Gasteiger partial charge on any atom is 0.296 e. The van der Waals surface area contributed by atoms with E-state index < -0.39 is 154 Å². The van der Waals surface area contributed by atoms with Gasteiger partial charge in [-0.2, -0.15) is 80.4 Å². The first kappa shape index (κ1) is 52.8. The van der Waals surface area contributed by atoms with E-state index >= 15 is 0 Å². The van der Waals surface area contributed by atoms with Crippen molar-refractivity contribution in [2.45, 2.75) is 29.4 Å². The molecule has 6 rings (SSSR count). The van der Waals surface area contributed by atoms with Gasteiger partial charge in [-0.1, -0.05) is 24.3 Å². The van der Waals surface area contributed by atoms with Crippen LogP contribution in [0, 0.1) is 0 Å². The molecule has 6 aromatic rings. The lowest BCUT2D eigenvalue weighted by atomic mass is 10.1. The Balaban J connectivity index is 1.43. The largest absolute Gasteiger partial charge is 0.398 e. The Bertz CT molecular complexity index is 3960. The first-order valence-electron chi connectivity index (χ1n) is 18.1. The van der Waals surface area contributed by atoms with Crippen LogP contribution in [0.1, 0.15) is 11.1 Å². The zero-order chi connectivity index (χ0) is 52.6. The van der Waals surface area contributed by atoms with E-state index in [-0.39, 0.29) is 23.9 Å². The summed E-state index contributed by atoms with van der Waals surface area (Å²) in [5, 5.41) is 8.67. The molecule has 0 aliphatic carbocycles. The molecule has 0 bridgehead atoms. The van der Waals surface area contributed by atoms with Gasteiger partial charge >= 0.3 is 0 Å². The van der Waals surface area contributed by atoms with Crippen molar-refractivity contribution < 1.29 is 87.4 Å². The third-order valence-electron chi connectivity index (χ3n) is 8.88. The fourth-order valence-electron chi connectivity index (χ4n) is 5.96. The summed E-state index contributed by atoms with van der Waals surface area (Å²) in [6.07, 6.45) is 1.91. The molecule has 2 amide bonds. The van der Waals surface area contributed by atoms with E-state index in [0.29, 0.717) is 36.4 Å². The van der Waals surface area contributed by atoms with Gasteiger partial charge < -0.3 is 16.4 Å². The normalized spacial score (nSPS) is 12.6. The van der Waals surface area contributed by atoms with Crippen LogP contribution >= 0.6 is 0 Å². The van der Waals surface area contributed by atoms with Gasteiger partial charge in [-0.15, -0.1) is 0 Å². The summed E-state index contributed by atoms with van der Waals surface area (Å²) in [5.41, 5.74) is 2.58. The first-order chi connectivity index (χ1) is 32.8. The number of nitrogens with zero attached hydrogens (tertiary/aromatic N) is 6. The molecule has 0 atom stereocenters. The molecule has 2 aromatic heterocycles. The minimum atomic E-state index is -5.33. The van der Waals surface area contributed by atoms with Crippen LogP contribution in [0.4, 0.5) is 40.9 Å². The van der Waals surface area contributed by atoms with E-state index in [1.165, 1.54) is 0 Å². The van der Waals surface area contributed by atoms with Crippen molar-refractivity contribution in [2.24, 2.45) is 0 Å². The average molecular weight is 1100 g/mol. The highest BCUT2D eigenvalue weighted by Crippen LogP contribution is 2.34. The smallest absolute Gasteiger partial charge is 0.296 e. The molecule has 4 aromatic carbocycles. The molecule has 0 fully saturated rings. The van der Waals surface area contributed by atoms with Crippen molar-refractivity contribution >= 4 is 127 Å². The lowest BCUT2D eigenvalue weighted by molar-refractivity contribution is -0.106. The first-order valence-corrected chi connectivity index (χ1v) is 26.8. The molecule has 0 aliphatic heterocycles. The summed E-state index contributed by atoms with van der Waals surface area (Å²) in [6, 6.07) is 8.16. The maximum atomic E-state index is 12.8. The number of amides is 2. The van der Waals surface area contributed by atoms with E-state index in [0.717, 1.165) is 42.5 Å². The fourth-order valence-corrected chi connectivity index (χ4v) is 9.68. The van der Waals surface area contributed by atoms with Gasteiger partial charge in [0.25, 0.3) is 60.7 Å². The average Bonchev–Trinajstić information content (AvgIpc) is 3.23. The van der Waals surface area contributed by atoms with Crippen molar-refractivity contribution in [1.82, 2.24) is 29.9 Å². The molecule has 71 heavy (non-hydrogen) atoms. The third-order valence-corrected chi connectivity index (χ3v) is 14.2. The zero-order valence-corrected chi connectivity index (χ0v) is 39.2. The van der Waals surface area contributed by atoms with E-state index in [9.17, 15) is 87.4 Å². The topological polar surface area (TPSA) is 512 Å². The predicted octanol–water partition coefficient (Wildman–Crippen LogP) is 1.25. The van der Waals surface area contributed by atoms with Crippen LogP contribution in [0.2, 0.25) is 0 Å². The van der Waals surface area contributed by atoms with Gasteiger partial charge in [0.05, 0.1) is 21.2 Å². The molecule has 2 heterocycles. The van der Waals surface area contributed by atoms with E-state index in [4.69, 9.17) is 5.73 Å².